The molecule has 3 aromatic rings. The summed E-state index contributed by atoms with van der Waals surface area (Å²) in [6.07, 6.45) is 0.802. The van der Waals surface area contributed by atoms with Crippen molar-refractivity contribution in [3.63, 3.8) is 0 Å². The molecule has 1 N–H and O–H groups in total. The van der Waals surface area contributed by atoms with Crippen LogP contribution in [0.2, 0.25) is 0 Å². The van der Waals surface area contributed by atoms with E-state index < -0.39 is 28.5 Å². The summed E-state index contributed by atoms with van der Waals surface area (Å²) in [6, 6.07) is 5.78. The summed E-state index contributed by atoms with van der Waals surface area (Å²) in [5.41, 5.74) is -0.886. The maximum Gasteiger partial charge on any atom is 0.306 e. The molecule has 30 heavy (non-hydrogen) atoms. The van der Waals surface area contributed by atoms with Gasteiger partial charge in [0.2, 0.25) is 11.2 Å². The number of carbonyl (C=O) groups excluding carboxylic acids is 1. The van der Waals surface area contributed by atoms with Crippen molar-refractivity contribution in [2.24, 2.45) is 0 Å². The number of carbonyl (C=O) groups is 1. The van der Waals surface area contributed by atoms with Crippen LogP contribution in [0.15, 0.2) is 49.0 Å². The Bertz CT molecular complexity index is 1190. The number of fused-ring (bicyclic) bond motifs is 1. The third kappa shape index (κ3) is 4.06. The number of hydrogen-bond acceptors (Lipinski definition) is 9. The molecule has 1 aromatic carbocycles. The van der Waals surface area contributed by atoms with Gasteiger partial charge in [-0.2, -0.15) is 0 Å². The predicted molar refractivity (Wildman–Crippen MR) is 105 cm³/mol. The Kier molecular flexibility index (Phi) is 6.22. The molecule has 2 aromatic heterocycles. The molecule has 158 valence electrons. The number of hydrogen-bond donors (Lipinski definition) is 1. The van der Waals surface area contributed by atoms with E-state index in [9.17, 15) is 19.5 Å². The van der Waals surface area contributed by atoms with Crippen LogP contribution in [-0.4, -0.2) is 32.4 Å². The summed E-state index contributed by atoms with van der Waals surface area (Å²) in [7, 11) is 4.05. The van der Waals surface area contributed by atoms with Crippen molar-refractivity contribution >= 4 is 16.9 Å². The second-order valence-corrected chi connectivity index (χ2v) is 6.44. The number of rotatable bonds is 7. The van der Waals surface area contributed by atoms with Gasteiger partial charge < -0.3 is 28.2 Å². The summed E-state index contributed by atoms with van der Waals surface area (Å²) in [6.45, 7) is -0.0447. The lowest BCUT2D eigenvalue weighted by Gasteiger charge is -2.17. The minimum Gasteiger partial charge on any atom is -0.502 e. The van der Waals surface area contributed by atoms with E-state index in [-0.39, 0.29) is 35.5 Å². The Hall–Kier alpha value is -3.59. The van der Waals surface area contributed by atoms with Crippen LogP contribution in [0.1, 0.15) is 29.4 Å². The molecule has 0 saturated heterocycles. The SMILES string of the molecule is COCc1cc(=O)c(O)c([C@H](CC(=O)OC)c2coc3ccc(OC)cc3c2=O)o1. The quantitative estimate of drug-likeness (QED) is 0.577. The van der Waals surface area contributed by atoms with Gasteiger partial charge in [0.25, 0.3) is 0 Å². The summed E-state index contributed by atoms with van der Waals surface area (Å²) < 4.78 is 26.0. The lowest BCUT2D eigenvalue weighted by atomic mass is 9.92. The highest BCUT2D eigenvalue weighted by molar-refractivity contribution is 5.79. The highest BCUT2D eigenvalue weighted by Crippen LogP contribution is 2.33. The summed E-state index contributed by atoms with van der Waals surface area (Å²) >= 11 is 0. The molecule has 0 fully saturated rings. The van der Waals surface area contributed by atoms with Gasteiger partial charge in [-0.15, -0.1) is 0 Å². The summed E-state index contributed by atoms with van der Waals surface area (Å²) in [5.74, 6) is -2.22. The topological polar surface area (TPSA) is 125 Å². The minimum atomic E-state index is -1.13. The van der Waals surface area contributed by atoms with Gasteiger partial charge in [0.1, 0.15) is 23.7 Å². The van der Waals surface area contributed by atoms with Crippen LogP contribution >= 0.6 is 0 Å². The van der Waals surface area contributed by atoms with E-state index in [4.69, 9.17) is 23.0 Å². The maximum atomic E-state index is 13.2. The van der Waals surface area contributed by atoms with E-state index in [0.29, 0.717) is 11.3 Å². The van der Waals surface area contributed by atoms with Gasteiger partial charge in [-0.25, -0.2) is 0 Å². The monoisotopic (exact) mass is 416 g/mol. The van der Waals surface area contributed by atoms with Crippen molar-refractivity contribution in [2.75, 3.05) is 21.3 Å². The Morgan fingerprint density at radius 2 is 1.93 bits per heavy atom. The number of esters is 1. The molecule has 9 nitrogen and oxygen atoms in total. The normalized spacial score (nSPS) is 12.0. The average Bonchev–Trinajstić information content (AvgIpc) is 2.75. The average molecular weight is 416 g/mol. The Balaban J connectivity index is 2.26. The first kappa shape index (κ1) is 21.1. The molecule has 2 heterocycles. The Labute approximate surface area is 170 Å². The summed E-state index contributed by atoms with van der Waals surface area (Å²) in [4.78, 5) is 37.5. The van der Waals surface area contributed by atoms with E-state index in [1.807, 2.05) is 0 Å². The number of aromatic hydroxyl groups is 1. The van der Waals surface area contributed by atoms with Gasteiger partial charge >= 0.3 is 5.97 Å². The van der Waals surface area contributed by atoms with E-state index in [1.165, 1.54) is 33.7 Å². The highest BCUT2D eigenvalue weighted by Gasteiger charge is 2.29. The number of methoxy groups -OCH3 is 3. The second kappa shape index (κ2) is 8.83. The van der Waals surface area contributed by atoms with Gasteiger partial charge in [0, 0.05) is 18.7 Å². The molecule has 0 aliphatic heterocycles. The van der Waals surface area contributed by atoms with E-state index >= 15 is 0 Å². The third-order valence-corrected chi connectivity index (χ3v) is 4.58. The van der Waals surface area contributed by atoms with Gasteiger partial charge in [0.05, 0.1) is 38.2 Å². The smallest absolute Gasteiger partial charge is 0.306 e. The molecule has 0 radical (unpaired) electrons. The molecule has 0 unspecified atom stereocenters. The molecular formula is C21H20O9. The first-order valence-electron chi connectivity index (χ1n) is 8.90. The van der Waals surface area contributed by atoms with Crippen LogP contribution < -0.4 is 15.6 Å². The van der Waals surface area contributed by atoms with Crippen molar-refractivity contribution in [1.29, 1.82) is 0 Å². The van der Waals surface area contributed by atoms with E-state index in [1.54, 1.807) is 12.1 Å². The maximum absolute atomic E-state index is 13.2. The van der Waals surface area contributed by atoms with Crippen LogP contribution in [-0.2, 0) is 20.9 Å². The fraction of sp³-hybridized carbons (Fsp3) is 0.286. The Morgan fingerprint density at radius 1 is 1.17 bits per heavy atom. The lowest BCUT2D eigenvalue weighted by molar-refractivity contribution is -0.140. The largest absolute Gasteiger partial charge is 0.502 e. The zero-order valence-electron chi connectivity index (χ0n) is 16.6. The second-order valence-electron chi connectivity index (χ2n) is 6.44. The zero-order chi connectivity index (χ0) is 21.8. The molecule has 1 atom stereocenters. The predicted octanol–water partition coefficient (Wildman–Crippen LogP) is 2.30. The van der Waals surface area contributed by atoms with Crippen molar-refractivity contribution in [1.82, 2.24) is 0 Å². The summed E-state index contributed by atoms with van der Waals surface area (Å²) in [5, 5.41) is 10.5. The van der Waals surface area contributed by atoms with Gasteiger partial charge in [0.15, 0.2) is 11.2 Å². The molecule has 0 aliphatic carbocycles. The molecule has 0 bridgehead atoms. The number of benzene rings is 1. The van der Waals surface area contributed by atoms with Crippen LogP contribution in [0, 0.1) is 0 Å². The molecule has 0 spiro atoms. The van der Waals surface area contributed by atoms with E-state index in [2.05, 4.69) is 0 Å². The molecule has 3 rings (SSSR count). The molecule has 9 heteroatoms. The standard InChI is InChI=1S/C21H20O9/c1-26-9-12-7-16(22)20(25)21(30-12)13(8-18(23)28-3)15-10-29-17-5-4-11(27-2)6-14(17)19(15)24/h4-7,10,13,25H,8-9H2,1-3H3/t13-/m1/s1. The molecule has 0 amide bonds. The fourth-order valence-electron chi connectivity index (χ4n) is 3.09. The molecule has 0 saturated carbocycles. The van der Waals surface area contributed by atoms with Crippen molar-refractivity contribution in [3.8, 4) is 11.5 Å². The van der Waals surface area contributed by atoms with E-state index in [0.717, 1.165) is 6.07 Å². The third-order valence-electron chi connectivity index (χ3n) is 4.58. The Morgan fingerprint density at radius 3 is 2.60 bits per heavy atom. The fourth-order valence-corrected chi connectivity index (χ4v) is 3.09. The first-order chi connectivity index (χ1) is 14.4. The molecular weight excluding hydrogens is 396 g/mol. The van der Waals surface area contributed by atoms with Crippen LogP contribution in [0.25, 0.3) is 11.0 Å². The van der Waals surface area contributed by atoms with Crippen LogP contribution in [0.5, 0.6) is 11.5 Å². The lowest BCUT2D eigenvalue weighted by Crippen LogP contribution is -2.20. The van der Waals surface area contributed by atoms with Crippen molar-refractivity contribution in [3.05, 3.63) is 68.1 Å². The zero-order valence-corrected chi connectivity index (χ0v) is 16.6. The van der Waals surface area contributed by atoms with Crippen LogP contribution in [0.4, 0.5) is 0 Å². The number of ether oxygens (including phenoxy) is 3. The van der Waals surface area contributed by atoms with Gasteiger partial charge in [-0.1, -0.05) is 0 Å². The van der Waals surface area contributed by atoms with Crippen molar-refractivity contribution in [2.45, 2.75) is 18.9 Å². The minimum absolute atomic E-state index is 0.00849. The first-order valence-corrected chi connectivity index (χ1v) is 8.90. The van der Waals surface area contributed by atoms with Gasteiger partial charge in [-0.3, -0.25) is 14.4 Å². The van der Waals surface area contributed by atoms with Crippen molar-refractivity contribution < 1.29 is 32.9 Å². The highest BCUT2D eigenvalue weighted by atomic mass is 16.5. The molecule has 0 aliphatic rings. The van der Waals surface area contributed by atoms with Gasteiger partial charge in [-0.05, 0) is 18.2 Å². The van der Waals surface area contributed by atoms with Crippen LogP contribution in [0.3, 0.4) is 0 Å².